The van der Waals surface area contributed by atoms with Gasteiger partial charge in [0.15, 0.2) is 0 Å². The minimum atomic E-state index is -2.67. The molecule has 0 atom stereocenters. The van der Waals surface area contributed by atoms with Crippen molar-refractivity contribution in [3.05, 3.63) is 0 Å². The summed E-state index contributed by atoms with van der Waals surface area (Å²) in [4.78, 5) is 14.9. The van der Waals surface area contributed by atoms with Gasteiger partial charge in [-0.15, -0.1) is 0 Å². The number of amides is 2. The number of alkyl halides is 2. The molecule has 18 heavy (non-hydrogen) atoms. The molecule has 0 N–H and O–H groups in total. The Bertz CT molecular complexity index is 322. The molecule has 0 aromatic carbocycles. The van der Waals surface area contributed by atoms with Crippen molar-refractivity contribution in [1.82, 2.24) is 9.80 Å². The third kappa shape index (κ3) is 2.75. The summed E-state index contributed by atoms with van der Waals surface area (Å²) in [6, 6.07) is -0.215. The molecule has 0 saturated carbocycles. The zero-order chi connectivity index (χ0) is 13.6. The van der Waals surface area contributed by atoms with Crippen molar-refractivity contribution in [3.8, 4) is 0 Å². The molecule has 0 bridgehead atoms. The number of hydrogen-bond acceptors (Lipinski definition) is 1. The molecule has 0 aromatic heterocycles. The van der Waals surface area contributed by atoms with E-state index in [-0.39, 0.29) is 11.4 Å². The Morgan fingerprint density at radius 1 is 1.11 bits per heavy atom. The lowest BCUT2D eigenvalue weighted by molar-refractivity contribution is -0.114. The van der Waals surface area contributed by atoms with Crippen LogP contribution in [0.4, 0.5) is 13.6 Å². The number of nitrogens with zero attached hydrogens (tertiary/aromatic N) is 2. The van der Waals surface area contributed by atoms with Gasteiger partial charge in [0, 0.05) is 13.1 Å². The van der Waals surface area contributed by atoms with E-state index in [1.54, 1.807) is 4.90 Å². The monoisotopic (exact) mass is 260 g/mol. The van der Waals surface area contributed by atoms with Gasteiger partial charge >= 0.3 is 6.03 Å². The first kappa shape index (κ1) is 13.6. The van der Waals surface area contributed by atoms with Gasteiger partial charge in [-0.2, -0.15) is 0 Å². The van der Waals surface area contributed by atoms with Gasteiger partial charge in [0.05, 0.1) is 13.1 Å². The van der Waals surface area contributed by atoms with Crippen LogP contribution in [0.15, 0.2) is 0 Å². The molecule has 5 heteroatoms. The standard InChI is InChI=1S/C13H22F2N2O/c1-12(2,3)10-4-6-16(7-5-10)11(18)17-8-13(14,15)9-17/h10H,4-9H2,1-3H3. The average Bonchev–Trinajstić information content (AvgIpc) is 2.24. The predicted octanol–water partition coefficient (Wildman–Crippen LogP) is 2.82. The highest BCUT2D eigenvalue weighted by Crippen LogP contribution is 2.35. The first-order valence-electron chi connectivity index (χ1n) is 6.61. The molecule has 0 radical (unpaired) electrons. The fraction of sp³-hybridized carbons (Fsp3) is 0.923. The second-order valence-electron chi connectivity index (χ2n) is 6.62. The van der Waals surface area contributed by atoms with Crippen LogP contribution in [0.3, 0.4) is 0 Å². The maximum Gasteiger partial charge on any atom is 0.320 e. The van der Waals surface area contributed by atoms with Crippen LogP contribution in [0.1, 0.15) is 33.6 Å². The average molecular weight is 260 g/mol. The molecular formula is C13H22F2N2O. The quantitative estimate of drug-likeness (QED) is 0.657. The van der Waals surface area contributed by atoms with Crippen LogP contribution in [0, 0.1) is 11.3 Å². The molecule has 2 fully saturated rings. The van der Waals surface area contributed by atoms with Crippen molar-refractivity contribution < 1.29 is 13.6 Å². The molecule has 0 unspecified atom stereocenters. The van der Waals surface area contributed by atoms with Gasteiger partial charge in [-0.05, 0) is 24.2 Å². The summed E-state index contributed by atoms with van der Waals surface area (Å²) in [5.41, 5.74) is 0.263. The minimum Gasteiger partial charge on any atom is -0.325 e. The van der Waals surface area contributed by atoms with Crippen LogP contribution in [-0.2, 0) is 0 Å². The van der Waals surface area contributed by atoms with E-state index in [4.69, 9.17) is 0 Å². The summed E-state index contributed by atoms with van der Waals surface area (Å²) >= 11 is 0. The summed E-state index contributed by atoms with van der Waals surface area (Å²) < 4.78 is 25.4. The van der Waals surface area contributed by atoms with Gasteiger partial charge in [-0.1, -0.05) is 20.8 Å². The van der Waals surface area contributed by atoms with Crippen LogP contribution < -0.4 is 0 Å². The normalized spacial score (nSPS) is 24.9. The molecule has 0 spiro atoms. The third-order valence-electron chi connectivity index (χ3n) is 4.11. The number of hydrogen-bond donors (Lipinski definition) is 0. The summed E-state index contributed by atoms with van der Waals surface area (Å²) in [6.45, 7) is 7.21. The van der Waals surface area contributed by atoms with Crippen LogP contribution >= 0.6 is 0 Å². The number of carbonyl (C=O) groups is 1. The minimum absolute atomic E-state index is 0.215. The van der Waals surface area contributed by atoms with Gasteiger partial charge in [0.2, 0.25) is 0 Å². The van der Waals surface area contributed by atoms with Crippen molar-refractivity contribution in [2.75, 3.05) is 26.2 Å². The van der Waals surface area contributed by atoms with E-state index in [9.17, 15) is 13.6 Å². The predicted molar refractivity (Wildman–Crippen MR) is 65.7 cm³/mol. The molecule has 0 aromatic rings. The van der Waals surface area contributed by atoms with E-state index >= 15 is 0 Å². The van der Waals surface area contributed by atoms with E-state index in [2.05, 4.69) is 20.8 Å². The Morgan fingerprint density at radius 3 is 2.00 bits per heavy atom. The third-order valence-corrected chi connectivity index (χ3v) is 4.11. The fourth-order valence-electron chi connectivity index (χ4n) is 2.78. The van der Waals surface area contributed by atoms with Crippen LogP contribution in [0.5, 0.6) is 0 Å². The van der Waals surface area contributed by atoms with Crippen LogP contribution in [0.2, 0.25) is 0 Å². The van der Waals surface area contributed by atoms with E-state index in [0.29, 0.717) is 19.0 Å². The van der Waals surface area contributed by atoms with Crippen molar-refractivity contribution in [2.45, 2.75) is 39.5 Å². The highest BCUT2D eigenvalue weighted by atomic mass is 19.3. The SMILES string of the molecule is CC(C)(C)C1CCN(C(=O)N2CC(F)(F)C2)CC1. The molecular weight excluding hydrogens is 238 g/mol. The van der Waals surface area contributed by atoms with Crippen molar-refractivity contribution in [3.63, 3.8) is 0 Å². The number of urea groups is 1. The Hall–Kier alpha value is -0.870. The molecule has 3 nitrogen and oxygen atoms in total. The summed E-state index contributed by atoms with van der Waals surface area (Å²) in [7, 11) is 0. The van der Waals surface area contributed by atoms with Crippen molar-refractivity contribution in [2.24, 2.45) is 11.3 Å². The van der Waals surface area contributed by atoms with Gasteiger partial charge in [-0.3, -0.25) is 0 Å². The number of halogens is 2. The van der Waals surface area contributed by atoms with Gasteiger partial charge in [-0.25, -0.2) is 13.6 Å². The summed E-state index contributed by atoms with van der Waals surface area (Å²) in [5, 5.41) is 0. The Morgan fingerprint density at radius 2 is 1.61 bits per heavy atom. The van der Waals surface area contributed by atoms with E-state index in [1.807, 2.05) is 0 Å². The van der Waals surface area contributed by atoms with Crippen LogP contribution in [-0.4, -0.2) is 47.9 Å². The second kappa shape index (κ2) is 4.35. The maximum absolute atomic E-state index is 12.7. The molecule has 2 saturated heterocycles. The summed E-state index contributed by atoms with van der Waals surface area (Å²) in [5.74, 6) is -2.06. The molecule has 2 amide bonds. The molecule has 2 aliphatic rings. The van der Waals surface area contributed by atoms with Crippen LogP contribution in [0.25, 0.3) is 0 Å². The molecule has 0 aliphatic carbocycles. The maximum atomic E-state index is 12.7. The van der Waals surface area contributed by atoms with E-state index in [0.717, 1.165) is 12.8 Å². The molecule has 2 rings (SSSR count). The Labute approximate surface area is 107 Å². The molecule has 2 heterocycles. The highest BCUT2D eigenvalue weighted by Gasteiger charge is 2.47. The topological polar surface area (TPSA) is 23.6 Å². The first-order valence-corrected chi connectivity index (χ1v) is 6.61. The fourth-order valence-corrected chi connectivity index (χ4v) is 2.78. The zero-order valence-electron chi connectivity index (χ0n) is 11.4. The smallest absolute Gasteiger partial charge is 0.320 e. The van der Waals surface area contributed by atoms with Crippen molar-refractivity contribution >= 4 is 6.03 Å². The second-order valence-corrected chi connectivity index (χ2v) is 6.62. The largest absolute Gasteiger partial charge is 0.325 e. The lowest BCUT2D eigenvalue weighted by Gasteiger charge is -2.44. The highest BCUT2D eigenvalue weighted by molar-refractivity contribution is 5.75. The van der Waals surface area contributed by atoms with E-state index in [1.165, 1.54) is 4.90 Å². The Balaban J connectivity index is 1.82. The number of likely N-dealkylation sites (tertiary alicyclic amines) is 2. The molecule has 104 valence electrons. The van der Waals surface area contributed by atoms with Crippen molar-refractivity contribution in [1.29, 1.82) is 0 Å². The Kier molecular flexibility index (Phi) is 3.28. The summed E-state index contributed by atoms with van der Waals surface area (Å²) in [6.07, 6.45) is 1.94. The van der Waals surface area contributed by atoms with E-state index < -0.39 is 19.0 Å². The zero-order valence-corrected chi connectivity index (χ0v) is 11.4. The van der Waals surface area contributed by atoms with Gasteiger partial charge in [0.25, 0.3) is 5.92 Å². The van der Waals surface area contributed by atoms with Gasteiger partial charge in [0.1, 0.15) is 0 Å². The number of rotatable bonds is 0. The molecule has 2 aliphatic heterocycles. The number of piperidine rings is 1. The lowest BCUT2D eigenvalue weighted by atomic mass is 9.75. The lowest BCUT2D eigenvalue weighted by Crippen LogP contribution is -2.62. The first-order chi connectivity index (χ1) is 8.19. The van der Waals surface area contributed by atoms with Gasteiger partial charge < -0.3 is 9.80 Å². The number of carbonyl (C=O) groups excluding carboxylic acids is 1.